The van der Waals surface area contributed by atoms with Gasteiger partial charge in [0.2, 0.25) is 5.91 Å². The van der Waals surface area contributed by atoms with Gasteiger partial charge in [-0.3, -0.25) is 4.79 Å². The number of nitrogens with zero attached hydrogens (tertiary/aromatic N) is 1. The average molecular weight is 346 g/mol. The summed E-state index contributed by atoms with van der Waals surface area (Å²) in [4.78, 5) is 14.5. The van der Waals surface area contributed by atoms with Gasteiger partial charge in [-0.05, 0) is 36.6 Å². The Hall–Kier alpha value is -2.00. The summed E-state index contributed by atoms with van der Waals surface area (Å²) < 4.78 is 5.76. The molecule has 0 heterocycles. The second-order valence-corrected chi connectivity index (χ2v) is 6.04. The van der Waals surface area contributed by atoms with Crippen molar-refractivity contribution >= 4 is 23.2 Å². The van der Waals surface area contributed by atoms with Crippen molar-refractivity contribution in [1.82, 2.24) is 0 Å². The minimum absolute atomic E-state index is 0.0725. The first-order valence-corrected chi connectivity index (χ1v) is 8.82. The molecule has 2 aromatic rings. The smallest absolute Gasteiger partial charge is 0.245 e. The zero-order chi connectivity index (χ0) is 17.4. The molecule has 0 N–H and O–H groups in total. The average Bonchev–Trinajstić information content (AvgIpc) is 2.65. The molecule has 1 unspecified atom stereocenters. The molecule has 24 heavy (non-hydrogen) atoms. The predicted molar refractivity (Wildman–Crippen MR) is 100 cm³/mol. The summed E-state index contributed by atoms with van der Waals surface area (Å²) in [7, 11) is 0. The van der Waals surface area contributed by atoms with Gasteiger partial charge in [0.25, 0.3) is 0 Å². The molecule has 0 aliphatic carbocycles. The normalized spacial score (nSPS) is 11.8. The second kappa shape index (κ2) is 9.33. The third-order valence-electron chi connectivity index (χ3n) is 3.88. The van der Waals surface area contributed by atoms with Crippen LogP contribution in [0.1, 0.15) is 25.8 Å². The lowest BCUT2D eigenvalue weighted by molar-refractivity contribution is -0.118. The molecule has 4 heteroatoms. The van der Waals surface area contributed by atoms with Crippen LogP contribution in [0.4, 0.5) is 5.69 Å². The summed E-state index contributed by atoms with van der Waals surface area (Å²) >= 11 is 6.22. The van der Waals surface area contributed by atoms with Gasteiger partial charge in [-0.25, -0.2) is 0 Å². The molecule has 128 valence electrons. The Kier molecular flexibility index (Phi) is 7.13. The lowest BCUT2D eigenvalue weighted by Gasteiger charge is -2.27. The maximum atomic E-state index is 12.7. The number of hydrogen-bond acceptors (Lipinski definition) is 2. The van der Waals surface area contributed by atoms with Crippen molar-refractivity contribution in [1.29, 1.82) is 0 Å². The highest BCUT2D eigenvalue weighted by atomic mass is 35.5. The third-order valence-corrected chi connectivity index (χ3v) is 4.38. The molecule has 2 aromatic carbocycles. The van der Waals surface area contributed by atoms with E-state index in [1.54, 1.807) is 4.90 Å². The molecule has 1 amide bonds. The number of benzene rings is 2. The molecule has 0 aromatic heterocycles. The Balaban J connectivity index is 2.15. The van der Waals surface area contributed by atoms with Crippen LogP contribution in [0.3, 0.4) is 0 Å². The number of aryl methyl sites for hydroxylation is 1. The first-order valence-electron chi connectivity index (χ1n) is 8.38. The fourth-order valence-corrected chi connectivity index (χ4v) is 2.66. The standard InChI is InChI=1S/C20H24ClNO2/c1-3-16-10-8-9-13-19(16)22(20(23)18(21)4-2)14-15-24-17-11-6-5-7-12-17/h5-13,18H,3-4,14-15H2,1-2H3. The topological polar surface area (TPSA) is 29.5 Å². The van der Waals surface area contributed by atoms with E-state index in [1.807, 2.05) is 61.5 Å². The van der Waals surface area contributed by atoms with Crippen molar-refractivity contribution in [2.24, 2.45) is 0 Å². The SMILES string of the molecule is CCc1ccccc1N(CCOc1ccccc1)C(=O)C(Cl)CC. The van der Waals surface area contributed by atoms with Gasteiger partial charge in [-0.1, -0.05) is 50.2 Å². The van der Waals surface area contributed by atoms with E-state index in [4.69, 9.17) is 16.3 Å². The van der Waals surface area contributed by atoms with E-state index >= 15 is 0 Å². The van der Waals surface area contributed by atoms with E-state index in [1.165, 1.54) is 0 Å². The zero-order valence-corrected chi connectivity index (χ0v) is 15.0. The van der Waals surface area contributed by atoms with Crippen molar-refractivity contribution in [3.8, 4) is 5.75 Å². The van der Waals surface area contributed by atoms with Gasteiger partial charge in [0.1, 0.15) is 17.7 Å². The van der Waals surface area contributed by atoms with Gasteiger partial charge in [-0.2, -0.15) is 0 Å². The molecule has 0 saturated carbocycles. The van der Waals surface area contributed by atoms with Crippen LogP contribution in [0.2, 0.25) is 0 Å². The number of amides is 1. The van der Waals surface area contributed by atoms with Gasteiger partial charge in [0.05, 0.1) is 6.54 Å². The first-order chi connectivity index (χ1) is 11.7. The fraction of sp³-hybridized carbons (Fsp3) is 0.350. The van der Waals surface area contributed by atoms with Crippen molar-refractivity contribution in [3.63, 3.8) is 0 Å². The maximum absolute atomic E-state index is 12.7. The predicted octanol–water partition coefficient (Wildman–Crippen LogP) is 4.68. The molecular weight excluding hydrogens is 322 g/mol. The van der Waals surface area contributed by atoms with Crippen LogP contribution in [0, 0.1) is 0 Å². The largest absolute Gasteiger partial charge is 0.492 e. The molecule has 0 aliphatic heterocycles. The van der Waals surface area contributed by atoms with Crippen molar-refractivity contribution < 1.29 is 9.53 Å². The molecule has 0 spiro atoms. The Morgan fingerprint density at radius 3 is 2.42 bits per heavy atom. The Labute approximate surface area is 149 Å². The highest BCUT2D eigenvalue weighted by Crippen LogP contribution is 2.23. The van der Waals surface area contributed by atoms with Crippen LogP contribution >= 0.6 is 11.6 Å². The lowest BCUT2D eigenvalue weighted by Crippen LogP contribution is -2.40. The Morgan fingerprint density at radius 1 is 1.08 bits per heavy atom. The van der Waals surface area contributed by atoms with Gasteiger partial charge < -0.3 is 9.64 Å². The minimum Gasteiger partial charge on any atom is -0.492 e. The van der Waals surface area contributed by atoms with E-state index < -0.39 is 5.38 Å². The zero-order valence-electron chi connectivity index (χ0n) is 14.2. The Morgan fingerprint density at radius 2 is 1.75 bits per heavy atom. The molecule has 0 aliphatic rings. The number of rotatable bonds is 8. The van der Waals surface area contributed by atoms with Crippen molar-refractivity contribution in [2.75, 3.05) is 18.1 Å². The highest BCUT2D eigenvalue weighted by molar-refractivity contribution is 6.32. The van der Waals surface area contributed by atoms with Crippen LogP contribution in [0.5, 0.6) is 5.75 Å². The molecule has 0 radical (unpaired) electrons. The van der Waals surface area contributed by atoms with E-state index in [-0.39, 0.29) is 5.91 Å². The van der Waals surface area contributed by atoms with Crippen LogP contribution in [-0.2, 0) is 11.2 Å². The van der Waals surface area contributed by atoms with E-state index in [0.717, 1.165) is 23.4 Å². The summed E-state index contributed by atoms with van der Waals surface area (Å²) in [6.07, 6.45) is 1.46. The van der Waals surface area contributed by atoms with E-state index in [2.05, 4.69) is 6.92 Å². The van der Waals surface area contributed by atoms with Crippen LogP contribution < -0.4 is 9.64 Å². The van der Waals surface area contributed by atoms with Gasteiger partial charge in [-0.15, -0.1) is 11.6 Å². The quantitative estimate of drug-likeness (QED) is 0.650. The molecule has 0 fully saturated rings. The summed E-state index contributed by atoms with van der Waals surface area (Å²) in [6, 6.07) is 17.6. The monoisotopic (exact) mass is 345 g/mol. The van der Waals surface area contributed by atoms with E-state index in [0.29, 0.717) is 19.6 Å². The number of hydrogen-bond donors (Lipinski definition) is 0. The second-order valence-electron chi connectivity index (χ2n) is 5.51. The highest BCUT2D eigenvalue weighted by Gasteiger charge is 2.23. The summed E-state index contributed by atoms with van der Waals surface area (Å²) in [5.41, 5.74) is 2.05. The molecule has 2 rings (SSSR count). The number of ether oxygens (including phenoxy) is 1. The minimum atomic E-state index is -0.522. The summed E-state index contributed by atoms with van der Waals surface area (Å²) in [6.45, 7) is 4.88. The summed E-state index contributed by atoms with van der Waals surface area (Å²) in [5, 5.41) is -0.522. The van der Waals surface area contributed by atoms with Crippen LogP contribution in [-0.4, -0.2) is 24.4 Å². The molecule has 3 nitrogen and oxygen atoms in total. The molecule has 0 bridgehead atoms. The first kappa shape index (κ1) is 18.3. The maximum Gasteiger partial charge on any atom is 0.245 e. The van der Waals surface area contributed by atoms with Gasteiger partial charge in [0, 0.05) is 5.69 Å². The number of halogens is 1. The third kappa shape index (κ3) is 4.75. The number of alkyl halides is 1. The van der Waals surface area contributed by atoms with Crippen molar-refractivity contribution in [2.45, 2.75) is 32.1 Å². The number of para-hydroxylation sites is 2. The fourth-order valence-electron chi connectivity index (χ4n) is 2.54. The van der Waals surface area contributed by atoms with Crippen LogP contribution in [0.15, 0.2) is 54.6 Å². The lowest BCUT2D eigenvalue weighted by atomic mass is 10.1. The number of anilines is 1. The van der Waals surface area contributed by atoms with Gasteiger partial charge >= 0.3 is 0 Å². The van der Waals surface area contributed by atoms with E-state index in [9.17, 15) is 4.79 Å². The number of carbonyl (C=O) groups is 1. The molecule has 0 saturated heterocycles. The van der Waals surface area contributed by atoms with Crippen LogP contribution in [0.25, 0.3) is 0 Å². The van der Waals surface area contributed by atoms with Gasteiger partial charge in [0.15, 0.2) is 0 Å². The van der Waals surface area contributed by atoms with Crippen molar-refractivity contribution in [3.05, 3.63) is 60.2 Å². The Bertz CT molecular complexity index is 645. The summed E-state index contributed by atoms with van der Waals surface area (Å²) in [5.74, 6) is 0.725. The number of carbonyl (C=O) groups excluding carboxylic acids is 1. The molecule has 1 atom stereocenters. The molecular formula is C20H24ClNO2.